The predicted octanol–water partition coefficient (Wildman–Crippen LogP) is 5.23. The second kappa shape index (κ2) is 6.49. The molecule has 0 bridgehead atoms. The minimum atomic E-state index is 0.0652. The summed E-state index contributed by atoms with van der Waals surface area (Å²) in [5, 5.41) is 0. The zero-order valence-electron chi connectivity index (χ0n) is 13.2. The highest BCUT2D eigenvalue weighted by Crippen LogP contribution is 2.31. The second-order valence-electron chi connectivity index (χ2n) is 5.41. The quantitative estimate of drug-likeness (QED) is 0.617. The van der Waals surface area contributed by atoms with Crippen molar-refractivity contribution in [3.63, 3.8) is 0 Å². The molecule has 0 aliphatic heterocycles. The molecule has 23 heavy (non-hydrogen) atoms. The number of carbonyl (C=O) groups excluding carboxylic acids is 1. The van der Waals surface area contributed by atoms with Crippen molar-refractivity contribution in [3.05, 3.63) is 78.4 Å². The van der Waals surface area contributed by atoms with Crippen molar-refractivity contribution in [3.8, 4) is 28.0 Å². The van der Waals surface area contributed by atoms with Gasteiger partial charge in [-0.05, 0) is 47.4 Å². The van der Waals surface area contributed by atoms with Crippen LogP contribution in [0.25, 0.3) is 22.3 Å². The third-order valence-electron chi connectivity index (χ3n) is 3.91. The minimum absolute atomic E-state index is 0.0652. The van der Waals surface area contributed by atoms with Crippen LogP contribution in [0.2, 0.25) is 0 Å². The SMILES string of the molecule is COc1ccc(-c2cc(-c3ccccc3)ccc2C(C)=O)cc1. The van der Waals surface area contributed by atoms with Crippen LogP contribution in [0.15, 0.2) is 72.8 Å². The zero-order chi connectivity index (χ0) is 16.2. The smallest absolute Gasteiger partial charge is 0.160 e. The highest BCUT2D eigenvalue weighted by molar-refractivity contribution is 6.01. The first-order chi connectivity index (χ1) is 11.2. The maximum absolute atomic E-state index is 12.0. The summed E-state index contributed by atoms with van der Waals surface area (Å²) in [5.74, 6) is 0.868. The summed E-state index contributed by atoms with van der Waals surface area (Å²) in [6.07, 6.45) is 0. The van der Waals surface area contributed by atoms with Gasteiger partial charge >= 0.3 is 0 Å². The lowest BCUT2D eigenvalue weighted by Crippen LogP contribution is -1.97. The molecule has 0 radical (unpaired) electrons. The first-order valence-corrected chi connectivity index (χ1v) is 7.54. The molecule has 2 heteroatoms. The van der Waals surface area contributed by atoms with E-state index in [4.69, 9.17) is 4.74 Å². The summed E-state index contributed by atoms with van der Waals surface area (Å²) >= 11 is 0. The molecule has 0 spiro atoms. The van der Waals surface area contributed by atoms with Crippen molar-refractivity contribution >= 4 is 5.78 Å². The van der Waals surface area contributed by atoms with Gasteiger partial charge in [0.15, 0.2) is 5.78 Å². The lowest BCUT2D eigenvalue weighted by atomic mass is 9.93. The van der Waals surface area contributed by atoms with E-state index in [1.54, 1.807) is 14.0 Å². The number of hydrogen-bond acceptors (Lipinski definition) is 2. The normalized spacial score (nSPS) is 10.3. The lowest BCUT2D eigenvalue weighted by molar-refractivity contribution is 0.101. The Morgan fingerprint density at radius 3 is 2.04 bits per heavy atom. The molecule has 3 rings (SSSR count). The number of ether oxygens (including phenoxy) is 1. The van der Waals surface area contributed by atoms with Gasteiger partial charge in [0.05, 0.1) is 7.11 Å². The van der Waals surface area contributed by atoms with Crippen LogP contribution in [-0.2, 0) is 0 Å². The fourth-order valence-electron chi connectivity index (χ4n) is 2.67. The van der Waals surface area contributed by atoms with Gasteiger partial charge in [0.2, 0.25) is 0 Å². The molecule has 0 N–H and O–H groups in total. The highest BCUT2D eigenvalue weighted by atomic mass is 16.5. The molecule has 0 fully saturated rings. The minimum Gasteiger partial charge on any atom is -0.497 e. The van der Waals surface area contributed by atoms with E-state index in [2.05, 4.69) is 18.2 Å². The first-order valence-electron chi connectivity index (χ1n) is 7.54. The molecular weight excluding hydrogens is 284 g/mol. The van der Waals surface area contributed by atoms with E-state index in [1.165, 1.54) is 0 Å². The Hall–Kier alpha value is -2.87. The molecular formula is C21H18O2. The summed E-state index contributed by atoms with van der Waals surface area (Å²) in [5.41, 5.74) is 4.92. The van der Waals surface area contributed by atoms with Crippen LogP contribution < -0.4 is 4.74 Å². The van der Waals surface area contributed by atoms with Crippen LogP contribution >= 0.6 is 0 Å². The molecule has 3 aromatic rings. The molecule has 0 aliphatic carbocycles. The first kappa shape index (κ1) is 15.0. The summed E-state index contributed by atoms with van der Waals surface area (Å²) in [6.45, 7) is 1.60. The van der Waals surface area contributed by atoms with Crippen molar-refractivity contribution in [2.24, 2.45) is 0 Å². The molecule has 0 saturated heterocycles. The summed E-state index contributed by atoms with van der Waals surface area (Å²) in [7, 11) is 1.64. The van der Waals surface area contributed by atoms with E-state index in [0.717, 1.165) is 33.6 Å². The average Bonchev–Trinajstić information content (AvgIpc) is 2.62. The Morgan fingerprint density at radius 2 is 1.43 bits per heavy atom. The van der Waals surface area contributed by atoms with Crippen LogP contribution in [0.4, 0.5) is 0 Å². The predicted molar refractivity (Wildman–Crippen MR) is 93.9 cm³/mol. The van der Waals surface area contributed by atoms with Crippen molar-refractivity contribution < 1.29 is 9.53 Å². The third kappa shape index (κ3) is 3.16. The van der Waals surface area contributed by atoms with Crippen LogP contribution in [0.3, 0.4) is 0 Å². The molecule has 0 atom stereocenters. The van der Waals surface area contributed by atoms with E-state index >= 15 is 0 Å². The van der Waals surface area contributed by atoms with Gasteiger partial charge in [-0.3, -0.25) is 4.79 Å². The Labute approximate surface area is 136 Å². The molecule has 0 aromatic heterocycles. The van der Waals surface area contributed by atoms with E-state index in [9.17, 15) is 4.79 Å². The van der Waals surface area contributed by atoms with E-state index < -0.39 is 0 Å². The zero-order valence-corrected chi connectivity index (χ0v) is 13.2. The van der Waals surface area contributed by atoms with Gasteiger partial charge in [0.1, 0.15) is 5.75 Å². The number of rotatable bonds is 4. The highest BCUT2D eigenvalue weighted by Gasteiger charge is 2.11. The molecule has 0 amide bonds. The summed E-state index contributed by atoms with van der Waals surface area (Å²) in [4.78, 5) is 12.0. The number of hydrogen-bond donors (Lipinski definition) is 0. The van der Waals surface area contributed by atoms with E-state index in [-0.39, 0.29) is 5.78 Å². The Balaban J connectivity index is 2.13. The van der Waals surface area contributed by atoms with Crippen LogP contribution in [0, 0.1) is 0 Å². The number of benzene rings is 3. The number of methoxy groups -OCH3 is 1. The molecule has 0 unspecified atom stereocenters. The van der Waals surface area contributed by atoms with Crippen molar-refractivity contribution in [2.45, 2.75) is 6.92 Å². The van der Waals surface area contributed by atoms with Gasteiger partial charge < -0.3 is 4.74 Å². The molecule has 0 saturated carbocycles. The molecule has 3 aromatic carbocycles. The number of ketones is 1. The van der Waals surface area contributed by atoms with Gasteiger partial charge in [0.25, 0.3) is 0 Å². The van der Waals surface area contributed by atoms with Crippen molar-refractivity contribution in [1.29, 1.82) is 0 Å². The summed E-state index contributed by atoms with van der Waals surface area (Å²) in [6, 6.07) is 23.9. The van der Waals surface area contributed by atoms with E-state index in [0.29, 0.717) is 0 Å². The summed E-state index contributed by atoms with van der Waals surface area (Å²) < 4.78 is 5.21. The third-order valence-corrected chi connectivity index (χ3v) is 3.91. The van der Waals surface area contributed by atoms with Gasteiger partial charge in [-0.1, -0.05) is 54.6 Å². The molecule has 0 aliphatic rings. The monoisotopic (exact) mass is 302 g/mol. The fraction of sp³-hybridized carbons (Fsp3) is 0.0952. The number of carbonyl (C=O) groups is 1. The van der Waals surface area contributed by atoms with E-state index in [1.807, 2.05) is 54.6 Å². The second-order valence-corrected chi connectivity index (χ2v) is 5.41. The Kier molecular flexibility index (Phi) is 4.24. The van der Waals surface area contributed by atoms with Gasteiger partial charge in [-0.15, -0.1) is 0 Å². The van der Waals surface area contributed by atoms with Crippen LogP contribution in [-0.4, -0.2) is 12.9 Å². The van der Waals surface area contributed by atoms with Gasteiger partial charge in [0, 0.05) is 5.56 Å². The maximum atomic E-state index is 12.0. The largest absolute Gasteiger partial charge is 0.497 e. The topological polar surface area (TPSA) is 26.3 Å². The molecule has 2 nitrogen and oxygen atoms in total. The standard InChI is InChI=1S/C21H18O2/c1-15(22)20-13-10-18(16-6-4-3-5-7-16)14-21(20)17-8-11-19(23-2)12-9-17/h3-14H,1-2H3. The van der Waals surface area contributed by atoms with Crippen LogP contribution in [0.1, 0.15) is 17.3 Å². The maximum Gasteiger partial charge on any atom is 0.160 e. The average molecular weight is 302 g/mol. The fourth-order valence-corrected chi connectivity index (χ4v) is 2.67. The molecule has 0 heterocycles. The van der Waals surface area contributed by atoms with Crippen molar-refractivity contribution in [1.82, 2.24) is 0 Å². The lowest BCUT2D eigenvalue weighted by Gasteiger charge is -2.11. The Morgan fingerprint density at radius 1 is 0.783 bits per heavy atom. The number of Topliss-reactive ketones (excluding diaryl/α,β-unsaturated/α-hetero) is 1. The molecule has 114 valence electrons. The van der Waals surface area contributed by atoms with Crippen molar-refractivity contribution in [2.75, 3.05) is 7.11 Å². The van der Waals surface area contributed by atoms with Crippen LogP contribution in [0.5, 0.6) is 5.75 Å². The van der Waals surface area contributed by atoms with Gasteiger partial charge in [-0.2, -0.15) is 0 Å². The Bertz CT molecular complexity index is 818. The van der Waals surface area contributed by atoms with Gasteiger partial charge in [-0.25, -0.2) is 0 Å².